The number of fused-ring (bicyclic) bond motifs is 1. The Labute approximate surface area is 169 Å². The number of nitrogens with one attached hydrogen (secondary N) is 1. The first-order valence-corrected chi connectivity index (χ1v) is 9.91. The Bertz CT molecular complexity index is 1110. The van der Waals surface area contributed by atoms with Crippen molar-refractivity contribution in [3.8, 4) is 17.5 Å². The summed E-state index contributed by atoms with van der Waals surface area (Å²) in [6, 6.07) is 9.14. The van der Waals surface area contributed by atoms with Crippen LogP contribution >= 0.6 is 0 Å². The quantitative estimate of drug-likeness (QED) is 0.612. The van der Waals surface area contributed by atoms with Gasteiger partial charge in [-0.1, -0.05) is 40.0 Å². The molecule has 0 aliphatic carbocycles. The number of rotatable bonds is 7. The lowest BCUT2D eigenvalue weighted by atomic mass is 10.2. The molecule has 1 N–H and O–H groups in total. The standard InChI is InChI=1S/C20H20N4O3.C2H6/c1-2-3-4-5-8-27-17-6-7-18-14(10-17)9-16(12-22-18)24-13-15(11-21)19(25)23-20(24)26;1-2/h6-7,9-10,12-13H,2-5,8H2,1H3,(H,23,25,26);1-2H3. The number of hydrogen-bond acceptors (Lipinski definition) is 5. The highest BCUT2D eigenvalue weighted by molar-refractivity contribution is 5.81. The van der Waals surface area contributed by atoms with E-state index in [0.29, 0.717) is 12.3 Å². The Balaban J connectivity index is 0.00000145. The van der Waals surface area contributed by atoms with Gasteiger partial charge in [0.1, 0.15) is 17.4 Å². The van der Waals surface area contributed by atoms with Gasteiger partial charge < -0.3 is 4.74 Å². The van der Waals surface area contributed by atoms with Gasteiger partial charge in [0.15, 0.2) is 0 Å². The van der Waals surface area contributed by atoms with Gasteiger partial charge >= 0.3 is 5.69 Å². The fourth-order valence-electron chi connectivity index (χ4n) is 2.78. The number of benzene rings is 1. The van der Waals surface area contributed by atoms with Crippen LogP contribution in [0.2, 0.25) is 0 Å². The SMILES string of the molecule is CC.CCCCCCOc1ccc2ncc(-n3cc(C#N)c(=O)[nH]c3=O)cc2c1. The molecule has 7 nitrogen and oxygen atoms in total. The van der Waals surface area contributed by atoms with E-state index in [-0.39, 0.29) is 5.56 Å². The lowest BCUT2D eigenvalue weighted by molar-refractivity contribution is 0.305. The number of H-pyrrole nitrogens is 1. The van der Waals surface area contributed by atoms with Crippen LogP contribution in [0.5, 0.6) is 5.75 Å². The molecule has 0 aliphatic rings. The van der Waals surface area contributed by atoms with Crippen LogP contribution in [0.3, 0.4) is 0 Å². The first-order chi connectivity index (χ1) is 14.1. The van der Waals surface area contributed by atoms with E-state index in [4.69, 9.17) is 10.00 Å². The first-order valence-electron chi connectivity index (χ1n) is 9.91. The number of hydrogen-bond donors (Lipinski definition) is 1. The van der Waals surface area contributed by atoms with Crippen molar-refractivity contribution >= 4 is 10.9 Å². The Morgan fingerprint density at radius 1 is 1.17 bits per heavy atom. The van der Waals surface area contributed by atoms with E-state index in [1.54, 1.807) is 12.1 Å². The van der Waals surface area contributed by atoms with Gasteiger partial charge in [0.25, 0.3) is 5.56 Å². The van der Waals surface area contributed by atoms with Crippen molar-refractivity contribution < 1.29 is 4.74 Å². The van der Waals surface area contributed by atoms with Gasteiger partial charge in [-0.2, -0.15) is 5.26 Å². The second-order valence-corrected chi connectivity index (χ2v) is 6.24. The topological polar surface area (TPSA) is 101 Å². The maximum atomic E-state index is 12.1. The molecule has 0 spiro atoms. The lowest BCUT2D eigenvalue weighted by Crippen LogP contribution is -2.30. The van der Waals surface area contributed by atoms with Crippen LogP contribution in [0, 0.1) is 11.3 Å². The lowest BCUT2D eigenvalue weighted by Gasteiger charge is -2.09. The van der Waals surface area contributed by atoms with Crippen molar-refractivity contribution in [3.05, 3.63) is 63.1 Å². The minimum Gasteiger partial charge on any atom is -0.494 e. The summed E-state index contributed by atoms with van der Waals surface area (Å²) in [5.41, 5.74) is -0.246. The number of nitriles is 1. The summed E-state index contributed by atoms with van der Waals surface area (Å²) >= 11 is 0. The molecule has 0 atom stereocenters. The van der Waals surface area contributed by atoms with E-state index in [9.17, 15) is 9.59 Å². The van der Waals surface area contributed by atoms with Crippen molar-refractivity contribution in [2.75, 3.05) is 6.61 Å². The van der Waals surface area contributed by atoms with Crippen LogP contribution < -0.4 is 16.0 Å². The molecular weight excluding hydrogens is 368 g/mol. The van der Waals surface area contributed by atoms with Gasteiger partial charge in [0, 0.05) is 11.6 Å². The Morgan fingerprint density at radius 2 is 1.97 bits per heavy atom. The highest BCUT2D eigenvalue weighted by atomic mass is 16.5. The van der Waals surface area contributed by atoms with Gasteiger partial charge in [-0.3, -0.25) is 19.3 Å². The molecule has 0 fully saturated rings. The van der Waals surface area contributed by atoms with Crippen LogP contribution in [0.1, 0.15) is 52.0 Å². The number of aromatic nitrogens is 3. The predicted molar refractivity (Wildman–Crippen MR) is 114 cm³/mol. The van der Waals surface area contributed by atoms with Crippen LogP contribution in [0.4, 0.5) is 0 Å². The van der Waals surface area contributed by atoms with E-state index in [0.717, 1.165) is 29.5 Å². The largest absolute Gasteiger partial charge is 0.494 e. The molecule has 0 radical (unpaired) electrons. The summed E-state index contributed by atoms with van der Waals surface area (Å²) in [5, 5.41) is 9.81. The highest BCUT2D eigenvalue weighted by Crippen LogP contribution is 2.21. The van der Waals surface area contributed by atoms with Crippen LogP contribution in [0.25, 0.3) is 16.6 Å². The summed E-state index contributed by atoms with van der Waals surface area (Å²) in [6.07, 6.45) is 7.28. The number of ether oxygens (including phenoxy) is 1. The second-order valence-electron chi connectivity index (χ2n) is 6.24. The van der Waals surface area contributed by atoms with Crippen molar-refractivity contribution in [3.63, 3.8) is 0 Å². The maximum absolute atomic E-state index is 12.1. The molecular formula is C22H26N4O3. The zero-order valence-corrected chi connectivity index (χ0v) is 17.1. The molecule has 0 unspecified atom stereocenters. The van der Waals surface area contributed by atoms with Crippen molar-refractivity contribution in [1.82, 2.24) is 14.5 Å². The van der Waals surface area contributed by atoms with Crippen LogP contribution in [-0.4, -0.2) is 21.1 Å². The minimum atomic E-state index is -0.703. The van der Waals surface area contributed by atoms with Crippen LogP contribution in [0.15, 0.2) is 46.2 Å². The first kappa shape index (κ1) is 21.9. The number of unbranched alkanes of at least 4 members (excludes halogenated alkanes) is 3. The van der Waals surface area contributed by atoms with Gasteiger partial charge in [0.05, 0.1) is 24.0 Å². The minimum absolute atomic E-state index is 0.140. The maximum Gasteiger partial charge on any atom is 0.333 e. The molecule has 0 amide bonds. The smallest absolute Gasteiger partial charge is 0.333 e. The second kappa shape index (κ2) is 10.8. The average molecular weight is 394 g/mol. The number of nitrogens with zero attached hydrogens (tertiary/aromatic N) is 3. The van der Waals surface area contributed by atoms with E-state index in [1.807, 2.05) is 32.0 Å². The van der Waals surface area contributed by atoms with Crippen molar-refractivity contribution in [2.45, 2.75) is 46.5 Å². The molecule has 2 aromatic heterocycles. The molecule has 0 bridgehead atoms. The zero-order valence-electron chi connectivity index (χ0n) is 17.1. The Kier molecular flexibility index (Phi) is 8.16. The van der Waals surface area contributed by atoms with Gasteiger partial charge in [-0.05, 0) is 30.7 Å². The molecule has 2 heterocycles. The summed E-state index contributed by atoms with van der Waals surface area (Å²) in [7, 11) is 0. The van der Waals surface area contributed by atoms with Gasteiger partial charge in [-0.25, -0.2) is 4.79 Å². The molecule has 29 heavy (non-hydrogen) atoms. The fraction of sp³-hybridized carbons (Fsp3) is 0.364. The predicted octanol–water partition coefficient (Wildman–Crippen LogP) is 3.93. The third kappa shape index (κ3) is 5.55. The molecule has 3 rings (SSSR count). The summed E-state index contributed by atoms with van der Waals surface area (Å²) in [4.78, 5) is 30.1. The third-order valence-electron chi connectivity index (χ3n) is 4.25. The molecule has 3 aromatic rings. The number of aromatic amines is 1. The normalized spacial score (nSPS) is 10.1. The molecule has 1 aromatic carbocycles. The highest BCUT2D eigenvalue weighted by Gasteiger charge is 2.08. The zero-order chi connectivity index (χ0) is 21.2. The summed E-state index contributed by atoms with van der Waals surface area (Å²) in [6.45, 7) is 6.82. The average Bonchev–Trinajstić information content (AvgIpc) is 2.74. The van der Waals surface area contributed by atoms with Crippen molar-refractivity contribution in [2.24, 2.45) is 0 Å². The molecule has 0 saturated heterocycles. The fourth-order valence-corrected chi connectivity index (χ4v) is 2.78. The monoisotopic (exact) mass is 394 g/mol. The summed E-state index contributed by atoms with van der Waals surface area (Å²) < 4.78 is 6.99. The van der Waals surface area contributed by atoms with Crippen LogP contribution in [-0.2, 0) is 0 Å². The Hall–Kier alpha value is -3.40. The van der Waals surface area contributed by atoms with E-state index < -0.39 is 11.2 Å². The van der Waals surface area contributed by atoms with E-state index >= 15 is 0 Å². The number of pyridine rings is 1. The summed E-state index contributed by atoms with van der Waals surface area (Å²) in [5.74, 6) is 0.740. The molecule has 152 valence electrons. The molecule has 0 saturated carbocycles. The van der Waals surface area contributed by atoms with Gasteiger partial charge in [0.2, 0.25) is 0 Å². The van der Waals surface area contributed by atoms with Crippen molar-refractivity contribution in [1.29, 1.82) is 5.26 Å². The third-order valence-corrected chi connectivity index (χ3v) is 4.25. The molecule has 0 aliphatic heterocycles. The molecule has 7 heteroatoms. The van der Waals surface area contributed by atoms with Gasteiger partial charge in [-0.15, -0.1) is 0 Å². The van der Waals surface area contributed by atoms with E-state index in [2.05, 4.69) is 16.9 Å². The Morgan fingerprint density at radius 3 is 2.69 bits per heavy atom. The van der Waals surface area contributed by atoms with E-state index in [1.165, 1.54) is 29.8 Å².